The smallest absolute Gasteiger partial charge is 0.230 e. The summed E-state index contributed by atoms with van der Waals surface area (Å²) < 4.78 is 0. The second-order valence-electron chi connectivity index (χ2n) is 5.93. The van der Waals surface area contributed by atoms with Crippen LogP contribution in [0.3, 0.4) is 0 Å². The van der Waals surface area contributed by atoms with E-state index in [4.69, 9.17) is 0 Å². The lowest BCUT2D eigenvalue weighted by atomic mass is 10.1. The molecule has 0 unspecified atom stereocenters. The molecule has 27 heavy (non-hydrogen) atoms. The first-order valence-electron chi connectivity index (χ1n) is 8.50. The summed E-state index contributed by atoms with van der Waals surface area (Å²) >= 11 is 1.42. The molecular weight excluding hydrogens is 407 g/mol. The van der Waals surface area contributed by atoms with Crippen LogP contribution in [-0.4, -0.2) is 29.9 Å². The summed E-state index contributed by atoms with van der Waals surface area (Å²) in [4.78, 5) is 30.3. The zero-order valence-corrected chi connectivity index (χ0v) is 17.5. The summed E-state index contributed by atoms with van der Waals surface area (Å²) in [6, 6.07) is 7.77. The van der Waals surface area contributed by atoms with Crippen molar-refractivity contribution in [1.82, 2.24) is 10.3 Å². The summed E-state index contributed by atoms with van der Waals surface area (Å²) in [6.45, 7) is 4.35. The predicted octanol–water partition coefficient (Wildman–Crippen LogP) is 3.40. The predicted molar refractivity (Wildman–Crippen MR) is 114 cm³/mol. The number of carbonyl (C=O) groups is 2. The quantitative estimate of drug-likeness (QED) is 0.705. The summed E-state index contributed by atoms with van der Waals surface area (Å²) in [5.41, 5.74) is 2.57. The summed E-state index contributed by atoms with van der Waals surface area (Å²) in [7, 11) is 0. The highest BCUT2D eigenvalue weighted by Crippen LogP contribution is 2.25. The van der Waals surface area contributed by atoms with Gasteiger partial charge in [0.25, 0.3) is 0 Å². The molecule has 1 fully saturated rings. The average molecular weight is 431 g/mol. The van der Waals surface area contributed by atoms with Crippen LogP contribution in [0.4, 0.5) is 10.8 Å². The minimum absolute atomic E-state index is 0. The molecule has 2 N–H and O–H groups in total. The Morgan fingerprint density at radius 1 is 1.30 bits per heavy atom. The number of aromatic nitrogens is 1. The third-order valence-electron chi connectivity index (χ3n) is 4.04. The molecule has 2 amide bonds. The van der Waals surface area contributed by atoms with Gasteiger partial charge in [0, 0.05) is 30.6 Å². The molecule has 1 saturated heterocycles. The zero-order chi connectivity index (χ0) is 17.6. The van der Waals surface area contributed by atoms with Crippen molar-refractivity contribution in [2.75, 3.05) is 23.3 Å². The lowest BCUT2D eigenvalue weighted by molar-refractivity contribution is -0.117. The molecule has 0 atom stereocenters. The van der Waals surface area contributed by atoms with E-state index in [0.717, 1.165) is 30.8 Å². The Hall–Kier alpha value is -1.67. The number of para-hydroxylation sites is 1. The minimum atomic E-state index is -0.103. The molecule has 0 bridgehead atoms. The van der Waals surface area contributed by atoms with Crippen molar-refractivity contribution in [1.29, 1.82) is 0 Å². The van der Waals surface area contributed by atoms with Gasteiger partial charge in [0.15, 0.2) is 5.13 Å². The molecule has 148 valence electrons. The van der Waals surface area contributed by atoms with Gasteiger partial charge in [-0.3, -0.25) is 14.5 Å². The molecule has 3 rings (SSSR count). The number of nitrogens with zero attached hydrogens (tertiary/aromatic N) is 2. The Labute approximate surface area is 175 Å². The summed E-state index contributed by atoms with van der Waals surface area (Å²) in [6.07, 6.45) is 1.66. The first-order chi connectivity index (χ1) is 12.2. The Bertz CT molecular complexity index is 769. The number of hydrogen-bond donors (Lipinski definition) is 2. The Morgan fingerprint density at radius 2 is 2.07 bits per heavy atom. The van der Waals surface area contributed by atoms with Crippen LogP contribution in [0, 0.1) is 0 Å². The third-order valence-corrected chi connectivity index (χ3v) is 4.95. The van der Waals surface area contributed by atoms with Crippen LogP contribution in [0.2, 0.25) is 0 Å². The topological polar surface area (TPSA) is 74.3 Å². The third kappa shape index (κ3) is 6.17. The molecule has 6 nitrogen and oxygen atoms in total. The number of carbonyl (C=O) groups excluding carboxylic acids is 2. The number of anilines is 2. The van der Waals surface area contributed by atoms with Gasteiger partial charge in [0.1, 0.15) is 0 Å². The van der Waals surface area contributed by atoms with Crippen LogP contribution >= 0.6 is 36.2 Å². The second kappa shape index (κ2) is 11.2. The Kier molecular flexibility index (Phi) is 9.73. The van der Waals surface area contributed by atoms with Gasteiger partial charge in [0.05, 0.1) is 12.1 Å². The van der Waals surface area contributed by atoms with Crippen molar-refractivity contribution in [2.45, 2.75) is 32.7 Å². The molecule has 2 heterocycles. The fourth-order valence-corrected chi connectivity index (χ4v) is 3.63. The molecule has 0 spiro atoms. The van der Waals surface area contributed by atoms with Gasteiger partial charge >= 0.3 is 0 Å². The highest BCUT2D eigenvalue weighted by molar-refractivity contribution is 7.14. The highest BCUT2D eigenvalue weighted by Gasteiger charge is 2.24. The van der Waals surface area contributed by atoms with E-state index in [-0.39, 0.29) is 43.0 Å². The van der Waals surface area contributed by atoms with Crippen LogP contribution < -0.4 is 15.5 Å². The van der Waals surface area contributed by atoms with Crippen LogP contribution in [0.5, 0.6) is 0 Å². The number of amides is 2. The van der Waals surface area contributed by atoms with Crippen molar-refractivity contribution in [3.63, 3.8) is 0 Å². The molecule has 9 heteroatoms. The number of rotatable bonds is 7. The van der Waals surface area contributed by atoms with E-state index >= 15 is 0 Å². The monoisotopic (exact) mass is 430 g/mol. The minimum Gasteiger partial charge on any atom is -0.325 e. The van der Waals surface area contributed by atoms with E-state index in [1.54, 1.807) is 4.90 Å². The zero-order valence-electron chi connectivity index (χ0n) is 15.1. The van der Waals surface area contributed by atoms with E-state index in [2.05, 4.69) is 15.6 Å². The van der Waals surface area contributed by atoms with E-state index in [1.807, 2.05) is 36.6 Å². The summed E-state index contributed by atoms with van der Waals surface area (Å²) in [5, 5.41) is 8.77. The normalized spacial score (nSPS) is 13.1. The molecular formula is C18H24Cl2N4O2S. The van der Waals surface area contributed by atoms with Gasteiger partial charge in [-0.05, 0) is 24.6 Å². The van der Waals surface area contributed by atoms with E-state index in [9.17, 15) is 9.59 Å². The number of nitrogens with one attached hydrogen (secondary N) is 2. The molecule has 1 aromatic carbocycles. The lowest BCUT2D eigenvalue weighted by Gasteiger charge is -2.11. The summed E-state index contributed by atoms with van der Waals surface area (Å²) in [5.74, 6) is 0.0104. The molecule has 0 aliphatic carbocycles. The van der Waals surface area contributed by atoms with Crippen molar-refractivity contribution < 1.29 is 9.59 Å². The van der Waals surface area contributed by atoms with Crippen molar-refractivity contribution >= 4 is 58.8 Å². The van der Waals surface area contributed by atoms with E-state index in [0.29, 0.717) is 23.8 Å². The molecule has 1 aliphatic rings. The molecule has 2 aromatic rings. The first-order valence-corrected chi connectivity index (χ1v) is 9.38. The van der Waals surface area contributed by atoms with Gasteiger partial charge in [-0.2, -0.15) is 0 Å². The van der Waals surface area contributed by atoms with Gasteiger partial charge in [-0.15, -0.1) is 36.2 Å². The van der Waals surface area contributed by atoms with Crippen molar-refractivity contribution in [2.24, 2.45) is 0 Å². The van der Waals surface area contributed by atoms with Gasteiger partial charge in [-0.1, -0.05) is 25.1 Å². The van der Waals surface area contributed by atoms with Crippen LogP contribution in [-0.2, 0) is 22.6 Å². The largest absolute Gasteiger partial charge is 0.325 e. The number of halogens is 2. The first kappa shape index (κ1) is 23.4. The second-order valence-corrected chi connectivity index (χ2v) is 6.77. The number of hydrogen-bond acceptors (Lipinski definition) is 5. The van der Waals surface area contributed by atoms with Gasteiger partial charge in [-0.25, -0.2) is 4.98 Å². The fraction of sp³-hybridized carbons (Fsp3) is 0.389. The molecule has 0 saturated carbocycles. The Balaban J connectivity index is 0.00000182. The van der Waals surface area contributed by atoms with E-state index in [1.165, 1.54) is 11.3 Å². The molecule has 1 aliphatic heterocycles. The van der Waals surface area contributed by atoms with Gasteiger partial charge in [0.2, 0.25) is 11.8 Å². The van der Waals surface area contributed by atoms with Crippen molar-refractivity contribution in [3.05, 3.63) is 40.9 Å². The fourth-order valence-electron chi connectivity index (χ4n) is 2.77. The van der Waals surface area contributed by atoms with Crippen LogP contribution in [0.15, 0.2) is 29.6 Å². The maximum Gasteiger partial charge on any atom is 0.230 e. The molecule has 0 radical (unpaired) electrons. The van der Waals surface area contributed by atoms with E-state index < -0.39 is 0 Å². The lowest BCUT2D eigenvalue weighted by Crippen LogP contribution is -2.23. The maximum absolute atomic E-state index is 12.4. The standard InChI is InChI=1S/C18H22N4O2S.2ClH/c1-2-19-11-13-6-3-4-7-15(13)21-16(23)10-14-12-25-18(20-14)22-9-5-8-17(22)24;;/h3-4,6-7,12,19H,2,5,8-11H2,1H3,(H,21,23);2*1H. The Morgan fingerprint density at radius 3 is 2.78 bits per heavy atom. The number of thiazole rings is 1. The van der Waals surface area contributed by atoms with Gasteiger partial charge < -0.3 is 10.6 Å². The van der Waals surface area contributed by atoms with Crippen molar-refractivity contribution in [3.8, 4) is 0 Å². The maximum atomic E-state index is 12.4. The highest BCUT2D eigenvalue weighted by atomic mass is 35.5. The molecule has 1 aromatic heterocycles. The number of benzene rings is 1. The van der Waals surface area contributed by atoms with Crippen LogP contribution in [0.25, 0.3) is 0 Å². The van der Waals surface area contributed by atoms with Crippen LogP contribution in [0.1, 0.15) is 31.0 Å². The SMILES string of the molecule is CCNCc1ccccc1NC(=O)Cc1csc(N2CCCC2=O)n1.Cl.Cl. The average Bonchev–Trinajstić information content (AvgIpc) is 3.22.